The van der Waals surface area contributed by atoms with Crippen molar-refractivity contribution in [2.45, 2.75) is 78.4 Å². The van der Waals surface area contributed by atoms with Crippen molar-refractivity contribution in [2.24, 2.45) is 0 Å². The first-order chi connectivity index (χ1) is 19.5. The maximum Gasteiger partial charge on any atom is 0.223 e. The van der Waals surface area contributed by atoms with E-state index >= 15 is 0 Å². The van der Waals surface area contributed by atoms with Crippen LogP contribution in [0.2, 0.25) is 0 Å². The first-order valence-electron chi connectivity index (χ1n) is 15.1. The second-order valence-corrected chi connectivity index (χ2v) is 9.89. The summed E-state index contributed by atoms with van der Waals surface area (Å²) in [5.41, 5.74) is 1.90. The number of benzene rings is 1. The fourth-order valence-corrected chi connectivity index (χ4v) is 4.96. The normalized spacial score (nSPS) is 19.5. The molecule has 1 aromatic carbocycles. The van der Waals surface area contributed by atoms with Crippen molar-refractivity contribution in [3.63, 3.8) is 0 Å². The van der Waals surface area contributed by atoms with E-state index in [1.54, 1.807) is 11.9 Å². The minimum atomic E-state index is -0.259. The van der Waals surface area contributed by atoms with Crippen molar-refractivity contribution in [1.29, 1.82) is 0 Å². The minimum absolute atomic E-state index is 0.0393. The number of amides is 1. The average molecular weight is 554 g/mol. The topological polar surface area (TPSA) is 90.6 Å². The number of likely N-dealkylation sites (N-methyl/N-ethyl adjacent to an activating group) is 1. The molecule has 1 unspecified atom stereocenters. The predicted molar refractivity (Wildman–Crippen MR) is 164 cm³/mol. The standard InChI is InChI=1S/C17H22N4O2.C13H23NO.C2H6/c1-18-11-15(22)14-7-4-10-21(14)17(23)9-8-16-19-12-5-2-3-6-13(12)20-16;1-3-5-6-7-8-9-14-10-11-15-13(4-2)12-14;1-2/h2-3,5-6,14,18H,4,7-11H2,1H3,(H,19,20);3,5-7,13H,4,8-12H2,1-2H3;1-2H3/b;5-3-,7-6-;/t14-;;/m0../s1. The molecule has 2 N–H and O–H groups in total. The minimum Gasteiger partial charge on any atom is -0.376 e. The smallest absolute Gasteiger partial charge is 0.223 e. The molecule has 8 nitrogen and oxygen atoms in total. The number of rotatable bonds is 11. The molecular formula is C32H51N5O3. The predicted octanol–water partition coefficient (Wildman–Crippen LogP) is 4.92. The zero-order valence-electron chi connectivity index (χ0n) is 25.3. The van der Waals surface area contributed by atoms with Crippen LogP contribution in [0.1, 0.15) is 65.6 Å². The summed E-state index contributed by atoms with van der Waals surface area (Å²) in [6, 6.07) is 7.56. The summed E-state index contributed by atoms with van der Waals surface area (Å²) in [6.45, 7) is 13.5. The van der Waals surface area contributed by atoms with Crippen LogP contribution in [-0.4, -0.2) is 90.0 Å². The van der Waals surface area contributed by atoms with Crippen molar-refractivity contribution in [2.75, 3.05) is 46.4 Å². The van der Waals surface area contributed by atoms with E-state index in [0.717, 1.165) is 68.8 Å². The van der Waals surface area contributed by atoms with E-state index in [4.69, 9.17) is 4.74 Å². The molecule has 2 fully saturated rings. The molecule has 1 aromatic heterocycles. The van der Waals surface area contributed by atoms with Gasteiger partial charge in [-0.25, -0.2) is 4.98 Å². The third-order valence-electron chi connectivity index (χ3n) is 7.04. The van der Waals surface area contributed by atoms with Crippen LogP contribution < -0.4 is 5.32 Å². The van der Waals surface area contributed by atoms with E-state index in [0.29, 0.717) is 32.0 Å². The van der Waals surface area contributed by atoms with Crippen molar-refractivity contribution >= 4 is 22.7 Å². The molecule has 8 heteroatoms. The number of carbonyl (C=O) groups excluding carboxylic acids is 2. The van der Waals surface area contributed by atoms with Crippen LogP contribution in [0.4, 0.5) is 0 Å². The van der Waals surface area contributed by atoms with Crippen LogP contribution in [-0.2, 0) is 20.7 Å². The van der Waals surface area contributed by atoms with Crippen LogP contribution in [0.5, 0.6) is 0 Å². The van der Waals surface area contributed by atoms with E-state index in [9.17, 15) is 9.59 Å². The van der Waals surface area contributed by atoms with Gasteiger partial charge in [-0.1, -0.05) is 57.2 Å². The maximum atomic E-state index is 12.5. The Morgan fingerprint density at radius 3 is 2.73 bits per heavy atom. The second kappa shape index (κ2) is 19.3. The van der Waals surface area contributed by atoms with Gasteiger partial charge in [0.05, 0.1) is 36.3 Å². The van der Waals surface area contributed by atoms with Gasteiger partial charge in [-0.15, -0.1) is 0 Å². The van der Waals surface area contributed by atoms with Gasteiger partial charge in [0.15, 0.2) is 5.78 Å². The molecule has 0 bridgehead atoms. The first-order valence-corrected chi connectivity index (χ1v) is 15.1. The number of imidazole rings is 1. The van der Waals surface area contributed by atoms with Crippen LogP contribution in [0.3, 0.4) is 0 Å². The SMILES string of the molecule is C/C=C\C=C/CCN1CCOC(CC)C1.CC.CNCC(=O)[C@@H]1CCCN1C(=O)CCc1nc2ccccc2[nH]1. The van der Waals surface area contributed by atoms with Crippen molar-refractivity contribution in [3.8, 4) is 0 Å². The van der Waals surface area contributed by atoms with Crippen molar-refractivity contribution in [1.82, 2.24) is 25.1 Å². The number of ketones is 1. The van der Waals surface area contributed by atoms with Gasteiger partial charge in [-0.2, -0.15) is 0 Å². The summed E-state index contributed by atoms with van der Waals surface area (Å²) >= 11 is 0. The van der Waals surface area contributed by atoms with E-state index in [-0.39, 0.29) is 17.7 Å². The molecule has 0 aliphatic carbocycles. The third kappa shape index (κ3) is 11.0. The zero-order valence-corrected chi connectivity index (χ0v) is 25.3. The number of nitrogens with one attached hydrogen (secondary N) is 2. The lowest BCUT2D eigenvalue weighted by Gasteiger charge is -2.32. The summed E-state index contributed by atoms with van der Waals surface area (Å²) in [6.07, 6.45) is 13.8. The number of morpholine rings is 1. The lowest BCUT2D eigenvalue weighted by molar-refractivity contribution is -0.137. The number of allylic oxidation sites excluding steroid dienone is 3. The highest BCUT2D eigenvalue weighted by atomic mass is 16.5. The van der Waals surface area contributed by atoms with Crippen LogP contribution in [0.15, 0.2) is 48.6 Å². The number of fused-ring (bicyclic) bond motifs is 1. The molecule has 0 spiro atoms. The summed E-state index contributed by atoms with van der Waals surface area (Å²) in [5, 5.41) is 2.87. The highest BCUT2D eigenvalue weighted by Crippen LogP contribution is 2.20. The Bertz CT molecular complexity index is 1030. The Morgan fingerprint density at radius 1 is 1.20 bits per heavy atom. The number of hydrogen-bond donors (Lipinski definition) is 2. The summed E-state index contributed by atoms with van der Waals surface area (Å²) in [4.78, 5) is 36.5. The number of aryl methyl sites for hydroxylation is 1. The van der Waals surface area contributed by atoms with E-state index in [1.165, 1.54) is 0 Å². The Labute approximate surface area is 241 Å². The van der Waals surface area contributed by atoms with Gasteiger partial charge in [-0.3, -0.25) is 14.5 Å². The molecule has 0 saturated carbocycles. The molecule has 1 amide bonds. The van der Waals surface area contributed by atoms with Gasteiger partial charge < -0.3 is 19.9 Å². The van der Waals surface area contributed by atoms with Gasteiger partial charge in [0.1, 0.15) is 5.82 Å². The zero-order chi connectivity index (χ0) is 29.2. The molecule has 222 valence electrons. The number of aromatic nitrogens is 2. The van der Waals surface area contributed by atoms with E-state index < -0.39 is 0 Å². The Kier molecular flexibility index (Phi) is 16.1. The van der Waals surface area contributed by atoms with Gasteiger partial charge >= 0.3 is 0 Å². The number of ether oxygens (including phenoxy) is 1. The summed E-state index contributed by atoms with van der Waals surface area (Å²) < 4.78 is 5.63. The number of nitrogens with zero attached hydrogens (tertiary/aromatic N) is 3. The molecule has 3 heterocycles. The van der Waals surface area contributed by atoms with Crippen LogP contribution in [0.25, 0.3) is 11.0 Å². The Hall–Kier alpha value is -2.81. The maximum absolute atomic E-state index is 12.5. The number of carbonyl (C=O) groups is 2. The molecule has 40 heavy (non-hydrogen) atoms. The molecule has 2 aliphatic heterocycles. The third-order valence-corrected chi connectivity index (χ3v) is 7.04. The number of hydrogen-bond acceptors (Lipinski definition) is 6. The van der Waals surface area contributed by atoms with Crippen LogP contribution >= 0.6 is 0 Å². The lowest BCUT2D eigenvalue weighted by Crippen LogP contribution is -2.43. The fourth-order valence-electron chi connectivity index (χ4n) is 4.96. The van der Waals surface area contributed by atoms with E-state index in [1.807, 2.05) is 45.0 Å². The summed E-state index contributed by atoms with van der Waals surface area (Å²) in [7, 11) is 1.75. The monoisotopic (exact) mass is 553 g/mol. The number of likely N-dealkylation sites (tertiary alicyclic amines) is 1. The highest BCUT2D eigenvalue weighted by molar-refractivity contribution is 5.91. The van der Waals surface area contributed by atoms with Crippen LogP contribution in [0, 0.1) is 0 Å². The second-order valence-electron chi connectivity index (χ2n) is 9.89. The van der Waals surface area contributed by atoms with Crippen molar-refractivity contribution < 1.29 is 14.3 Å². The largest absolute Gasteiger partial charge is 0.376 e. The van der Waals surface area contributed by atoms with Gasteiger partial charge in [-0.05, 0) is 51.8 Å². The van der Waals surface area contributed by atoms with E-state index in [2.05, 4.69) is 51.4 Å². The Balaban J connectivity index is 0.000000287. The number of para-hydroxylation sites is 2. The molecule has 4 rings (SSSR count). The number of Topliss-reactive ketones (excluding diaryl/α,β-unsaturated/α-hetero) is 1. The fraction of sp³-hybridized carbons (Fsp3) is 0.594. The van der Waals surface area contributed by atoms with Gasteiger partial charge in [0, 0.05) is 39.0 Å². The number of aromatic amines is 1. The molecule has 2 atom stereocenters. The van der Waals surface area contributed by atoms with Gasteiger partial charge in [0.25, 0.3) is 0 Å². The quantitative estimate of drug-likeness (QED) is 0.384. The Morgan fingerprint density at radius 2 is 2.00 bits per heavy atom. The lowest BCUT2D eigenvalue weighted by atomic mass is 10.1. The van der Waals surface area contributed by atoms with Crippen molar-refractivity contribution in [3.05, 3.63) is 54.4 Å². The number of H-pyrrole nitrogens is 1. The molecule has 2 aromatic rings. The average Bonchev–Trinajstić information content (AvgIpc) is 3.65. The molecular weight excluding hydrogens is 502 g/mol. The highest BCUT2D eigenvalue weighted by Gasteiger charge is 2.33. The van der Waals surface area contributed by atoms with Gasteiger partial charge in [0.2, 0.25) is 5.91 Å². The first kappa shape index (κ1) is 33.4. The molecule has 2 saturated heterocycles. The summed E-state index contributed by atoms with van der Waals surface area (Å²) in [5.74, 6) is 0.955. The molecule has 2 aliphatic rings. The molecule has 0 radical (unpaired) electrons.